The van der Waals surface area contributed by atoms with Crippen molar-refractivity contribution in [3.63, 3.8) is 0 Å². The van der Waals surface area contributed by atoms with Crippen LogP contribution in [-0.4, -0.2) is 31.9 Å². The number of fused-ring (bicyclic) bond motifs is 1. The molecular weight excluding hydrogens is 597 g/mol. The van der Waals surface area contributed by atoms with Crippen molar-refractivity contribution in [2.24, 2.45) is 13.0 Å². The third-order valence-electron chi connectivity index (χ3n) is 8.52. The molecule has 3 atom stereocenters. The summed E-state index contributed by atoms with van der Waals surface area (Å²) < 4.78 is 36.5. The fourth-order valence-electron chi connectivity index (χ4n) is 6.14. The van der Waals surface area contributed by atoms with Gasteiger partial charge in [0.1, 0.15) is 30.7 Å². The zero-order valence-corrected chi connectivity index (χ0v) is 27.2. The number of alkyl halides is 1. The molecule has 0 N–H and O–H groups in total. The van der Waals surface area contributed by atoms with E-state index in [1.165, 1.54) is 0 Å². The van der Waals surface area contributed by atoms with Gasteiger partial charge in [0, 0.05) is 19.0 Å². The summed E-state index contributed by atoms with van der Waals surface area (Å²) in [5, 5.41) is 0. The number of benzene rings is 3. The number of pyridine rings is 1. The number of halogens is 1. The van der Waals surface area contributed by atoms with E-state index in [1.807, 2.05) is 99.6 Å². The highest BCUT2D eigenvalue weighted by Gasteiger charge is 2.37. The SMILES string of the molecule is Cn1c(=O)n(-c2ccc(OCc3ccccc3)nc2OCc2ccccc2)c2ccc([C@@H]3CCC(C(=O)OC(C)(C)C)C[C@H]3F)cc21. The number of aromatic nitrogens is 3. The molecule has 244 valence electrons. The molecule has 0 amide bonds. The number of ether oxygens (including phenoxy) is 3. The van der Waals surface area contributed by atoms with Gasteiger partial charge >= 0.3 is 11.7 Å². The Morgan fingerprint density at radius 3 is 2.17 bits per heavy atom. The molecule has 1 aliphatic rings. The fourth-order valence-corrected chi connectivity index (χ4v) is 6.14. The van der Waals surface area contributed by atoms with Gasteiger partial charge in [-0.15, -0.1) is 0 Å². The topological polar surface area (TPSA) is 84.6 Å². The molecule has 6 rings (SSSR count). The molecule has 0 bridgehead atoms. The fraction of sp³-hybridized carbons (Fsp3) is 0.342. The van der Waals surface area contributed by atoms with E-state index in [0.29, 0.717) is 42.0 Å². The van der Waals surface area contributed by atoms with E-state index in [9.17, 15) is 9.59 Å². The Hall–Kier alpha value is -4.92. The molecule has 0 spiro atoms. The maximum absolute atomic E-state index is 15.6. The summed E-state index contributed by atoms with van der Waals surface area (Å²) in [6.07, 6.45) is -0.0330. The number of nitrogens with zero attached hydrogens (tertiary/aromatic N) is 3. The number of carbonyl (C=O) groups excluding carboxylic acids is 1. The van der Waals surface area contributed by atoms with Crippen molar-refractivity contribution < 1.29 is 23.4 Å². The third-order valence-corrected chi connectivity index (χ3v) is 8.52. The first-order chi connectivity index (χ1) is 22.6. The predicted molar refractivity (Wildman–Crippen MR) is 179 cm³/mol. The second kappa shape index (κ2) is 13.4. The van der Waals surface area contributed by atoms with Crippen molar-refractivity contribution in [2.75, 3.05) is 0 Å². The summed E-state index contributed by atoms with van der Waals surface area (Å²) in [4.78, 5) is 31.1. The van der Waals surface area contributed by atoms with Gasteiger partial charge in [-0.1, -0.05) is 66.7 Å². The van der Waals surface area contributed by atoms with Gasteiger partial charge in [0.25, 0.3) is 0 Å². The number of aryl methyl sites for hydroxylation is 1. The lowest BCUT2D eigenvalue weighted by Gasteiger charge is -2.32. The van der Waals surface area contributed by atoms with Gasteiger partial charge in [-0.05, 0) is 74.9 Å². The average Bonchev–Trinajstić information content (AvgIpc) is 3.31. The largest absolute Gasteiger partial charge is 0.473 e. The van der Waals surface area contributed by atoms with Gasteiger partial charge in [0.05, 0.1) is 17.0 Å². The Morgan fingerprint density at radius 1 is 0.872 bits per heavy atom. The van der Waals surface area contributed by atoms with Gasteiger partial charge in [0.15, 0.2) is 0 Å². The van der Waals surface area contributed by atoms with E-state index in [-0.39, 0.29) is 36.5 Å². The monoisotopic (exact) mass is 637 g/mol. The quantitative estimate of drug-likeness (QED) is 0.156. The number of hydrogen-bond acceptors (Lipinski definition) is 6. The first kappa shape index (κ1) is 32.0. The zero-order valence-electron chi connectivity index (χ0n) is 27.2. The lowest BCUT2D eigenvalue weighted by molar-refractivity contribution is -0.162. The molecule has 2 aromatic heterocycles. The predicted octanol–water partition coefficient (Wildman–Crippen LogP) is 7.45. The highest BCUT2D eigenvalue weighted by atomic mass is 19.1. The van der Waals surface area contributed by atoms with Gasteiger partial charge in [0.2, 0.25) is 11.8 Å². The van der Waals surface area contributed by atoms with Crippen molar-refractivity contribution in [2.45, 2.75) is 70.9 Å². The molecule has 47 heavy (non-hydrogen) atoms. The summed E-state index contributed by atoms with van der Waals surface area (Å²) in [6.45, 7) is 6.03. The van der Waals surface area contributed by atoms with Crippen LogP contribution in [0.5, 0.6) is 11.8 Å². The van der Waals surface area contributed by atoms with Crippen LogP contribution in [0, 0.1) is 5.92 Å². The molecule has 0 saturated heterocycles. The lowest BCUT2D eigenvalue weighted by Crippen LogP contribution is -2.34. The van der Waals surface area contributed by atoms with Crippen molar-refractivity contribution >= 4 is 17.0 Å². The lowest BCUT2D eigenvalue weighted by atomic mass is 9.77. The van der Waals surface area contributed by atoms with E-state index in [0.717, 1.165) is 16.7 Å². The minimum atomic E-state index is -1.21. The molecular formula is C38H40FN3O5. The Morgan fingerprint density at radius 2 is 1.53 bits per heavy atom. The standard InChI is InChI=1S/C38H40FN3O5/c1-38(2,3)47-36(43)28-15-17-29(30(39)21-28)27-16-18-31-33(22-27)41(4)37(44)42(31)32-19-20-34(45-23-25-11-7-5-8-12-25)40-35(32)46-24-26-13-9-6-10-14-26/h5-14,16,18-20,22,28-30H,15,17,21,23-24H2,1-4H3/t28?,29-,30+/m0/s1. The first-order valence-corrected chi connectivity index (χ1v) is 16.0. The van der Waals surface area contributed by atoms with Gasteiger partial charge in [-0.3, -0.25) is 13.9 Å². The first-order valence-electron chi connectivity index (χ1n) is 16.0. The number of rotatable bonds is 9. The second-order valence-electron chi connectivity index (χ2n) is 13.1. The zero-order chi connectivity index (χ0) is 33.1. The molecule has 1 unspecified atom stereocenters. The minimum Gasteiger partial charge on any atom is -0.473 e. The van der Waals surface area contributed by atoms with Gasteiger partial charge in [-0.2, -0.15) is 4.98 Å². The molecule has 1 fully saturated rings. The maximum atomic E-state index is 15.6. The van der Waals surface area contributed by atoms with Crippen molar-refractivity contribution in [3.05, 3.63) is 118 Å². The van der Waals surface area contributed by atoms with Crippen LogP contribution in [0.3, 0.4) is 0 Å². The smallest absolute Gasteiger partial charge is 0.333 e. The van der Waals surface area contributed by atoms with Crippen LogP contribution in [0.1, 0.15) is 62.6 Å². The Labute approximate surface area is 273 Å². The van der Waals surface area contributed by atoms with E-state index >= 15 is 4.39 Å². The number of carbonyl (C=O) groups is 1. The Kier molecular flexibility index (Phi) is 9.16. The molecule has 0 aliphatic heterocycles. The van der Waals surface area contributed by atoms with Crippen molar-refractivity contribution in [3.8, 4) is 17.4 Å². The number of imidazole rings is 1. The van der Waals surface area contributed by atoms with Crippen LogP contribution in [0.4, 0.5) is 4.39 Å². The molecule has 2 heterocycles. The summed E-state index contributed by atoms with van der Waals surface area (Å²) in [7, 11) is 1.70. The van der Waals surface area contributed by atoms with Gasteiger partial charge < -0.3 is 14.2 Å². The van der Waals surface area contributed by atoms with Crippen LogP contribution < -0.4 is 15.2 Å². The van der Waals surface area contributed by atoms with Crippen LogP contribution >= 0.6 is 0 Å². The third kappa shape index (κ3) is 7.24. The van der Waals surface area contributed by atoms with E-state index in [1.54, 1.807) is 28.3 Å². The van der Waals surface area contributed by atoms with Crippen molar-refractivity contribution in [1.82, 2.24) is 14.1 Å². The van der Waals surface area contributed by atoms with Crippen LogP contribution in [-0.2, 0) is 29.8 Å². The second-order valence-corrected chi connectivity index (χ2v) is 13.1. The highest BCUT2D eigenvalue weighted by Crippen LogP contribution is 2.40. The minimum absolute atomic E-state index is 0.115. The van der Waals surface area contributed by atoms with Gasteiger partial charge in [-0.25, -0.2) is 9.18 Å². The normalized spacial score (nSPS) is 18.2. The summed E-state index contributed by atoms with van der Waals surface area (Å²) in [6, 6.07) is 28.6. The molecule has 5 aromatic rings. The Bertz CT molecular complexity index is 1910. The molecule has 1 saturated carbocycles. The molecule has 0 radical (unpaired) electrons. The average molecular weight is 638 g/mol. The summed E-state index contributed by atoms with van der Waals surface area (Å²) in [5.41, 5.74) is 3.62. The Balaban J connectivity index is 1.30. The maximum Gasteiger partial charge on any atom is 0.333 e. The molecule has 8 nitrogen and oxygen atoms in total. The summed E-state index contributed by atoms with van der Waals surface area (Å²) >= 11 is 0. The number of hydrogen-bond donors (Lipinski definition) is 0. The van der Waals surface area contributed by atoms with E-state index in [4.69, 9.17) is 14.2 Å². The van der Waals surface area contributed by atoms with Crippen LogP contribution in [0.15, 0.2) is 95.8 Å². The van der Waals surface area contributed by atoms with Crippen LogP contribution in [0.25, 0.3) is 16.7 Å². The van der Waals surface area contributed by atoms with Crippen molar-refractivity contribution in [1.29, 1.82) is 0 Å². The van der Waals surface area contributed by atoms with Crippen LogP contribution in [0.2, 0.25) is 0 Å². The number of esters is 1. The van der Waals surface area contributed by atoms with E-state index in [2.05, 4.69) is 4.98 Å². The molecule has 3 aromatic carbocycles. The molecule has 9 heteroatoms. The van der Waals surface area contributed by atoms with E-state index < -0.39 is 17.7 Å². The highest BCUT2D eigenvalue weighted by molar-refractivity contribution is 5.80. The molecule has 1 aliphatic carbocycles. The summed E-state index contributed by atoms with van der Waals surface area (Å²) in [5.74, 6) is -0.571.